The highest BCUT2D eigenvalue weighted by Gasteiger charge is 2.28. The zero-order valence-electron chi connectivity index (χ0n) is 12.6. The Bertz CT molecular complexity index is 655. The maximum atomic E-state index is 12.9. The summed E-state index contributed by atoms with van der Waals surface area (Å²) in [7, 11) is 0. The van der Waals surface area contributed by atoms with Crippen molar-refractivity contribution < 1.29 is 18.3 Å². The first-order chi connectivity index (χ1) is 10.5. The Labute approximate surface area is 128 Å². The molecule has 1 aliphatic heterocycles. The minimum Gasteiger partial charge on any atom is -0.451 e. The molecule has 0 unspecified atom stereocenters. The largest absolute Gasteiger partial charge is 0.451 e. The molecule has 22 heavy (non-hydrogen) atoms. The topological polar surface area (TPSA) is 42.7 Å². The lowest BCUT2D eigenvalue weighted by atomic mass is 10.2. The number of amides is 1. The van der Waals surface area contributed by atoms with Crippen molar-refractivity contribution in [3.05, 3.63) is 48.0 Å². The van der Waals surface area contributed by atoms with Crippen LogP contribution in [0, 0.1) is 5.82 Å². The van der Waals surface area contributed by atoms with E-state index in [0.717, 1.165) is 5.56 Å². The van der Waals surface area contributed by atoms with Gasteiger partial charge in [0.15, 0.2) is 5.76 Å². The van der Waals surface area contributed by atoms with Crippen LogP contribution in [0.3, 0.4) is 0 Å². The van der Waals surface area contributed by atoms with Gasteiger partial charge in [0.25, 0.3) is 5.91 Å². The van der Waals surface area contributed by atoms with Crippen molar-refractivity contribution in [2.75, 3.05) is 13.1 Å². The molecule has 0 radical (unpaired) electrons. The van der Waals surface area contributed by atoms with E-state index in [1.54, 1.807) is 29.2 Å². The van der Waals surface area contributed by atoms with E-state index in [-0.39, 0.29) is 23.9 Å². The molecule has 0 bridgehead atoms. The van der Waals surface area contributed by atoms with Crippen LogP contribution in [0.15, 0.2) is 40.8 Å². The average molecular weight is 303 g/mol. The van der Waals surface area contributed by atoms with Crippen molar-refractivity contribution in [1.82, 2.24) is 4.90 Å². The molecule has 1 aromatic carbocycles. The molecule has 1 aromatic heterocycles. The maximum absolute atomic E-state index is 12.9. The third kappa shape index (κ3) is 3.04. The minimum absolute atomic E-state index is 0.0132. The smallest absolute Gasteiger partial charge is 0.289 e. The molecule has 0 N–H and O–H groups in total. The highest BCUT2D eigenvalue weighted by molar-refractivity contribution is 5.92. The van der Waals surface area contributed by atoms with Gasteiger partial charge in [0.1, 0.15) is 11.6 Å². The second kappa shape index (κ2) is 5.93. The van der Waals surface area contributed by atoms with Gasteiger partial charge in [-0.2, -0.15) is 0 Å². The number of benzene rings is 1. The Kier molecular flexibility index (Phi) is 3.98. The van der Waals surface area contributed by atoms with Gasteiger partial charge in [-0.05, 0) is 50.2 Å². The fraction of sp³-hybridized carbons (Fsp3) is 0.353. The molecule has 2 atom stereocenters. The first-order valence-corrected chi connectivity index (χ1v) is 7.33. The third-order valence-corrected chi connectivity index (χ3v) is 3.65. The van der Waals surface area contributed by atoms with Crippen molar-refractivity contribution in [1.29, 1.82) is 0 Å². The van der Waals surface area contributed by atoms with Crippen molar-refractivity contribution >= 4 is 5.91 Å². The number of morpholine rings is 1. The molecule has 3 rings (SSSR count). The van der Waals surface area contributed by atoms with Gasteiger partial charge in [-0.1, -0.05) is 0 Å². The van der Waals surface area contributed by atoms with E-state index >= 15 is 0 Å². The summed E-state index contributed by atoms with van der Waals surface area (Å²) in [6, 6.07) is 9.37. The fourth-order valence-corrected chi connectivity index (χ4v) is 2.72. The molecule has 1 amide bonds. The molecular formula is C17H18FNO3. The van der Waals surface area contributed by atoms with Gasteiger partial charge >= 0.3 is 0 Å². The van der Waals surface area contributed by atoms with Crippen molar-refractivity contribution in [2.45, 2.75) is 26.1 Å². The molecule has 2 aromatic rings. The van der Waals surface area contributed by atoms with Crippen LogP contribution < -0.4 is 0 Å². The predicted octanol–water partition coefficient (Wildman–Crippen LogP) is 3.34. The molecule has 0 spiro atoms. The zero-order chi connectivity index (χ0) is 15.7. The fourth-order valence-electron chi connectivity index (χ4n) is 2.72. The van der Waals surface area contributed by atoms with Gasteiger partial charge in [0, 0.05) is 18.7 Å². The second-order valence-electron chi connectivity index (χ2n) is 5.64. The van der Waals surface area contributed by atoms with Crippen LogP contribution in [0.2, 0.25) is 0 Å². The first-order valence-electron chi connectivity index (χ1n) is 7.33. The van der Waals surface area contributed by atoms with Gasteiger partial charge < -0.3 is 14.1 Å². The summed E-state index contributed by atoms with van der Waals surface area (Å²) < 4.78 is 24.2. The Hall–Kier alpha value is -2.14. The predicted molar refractivity (Wildman–Crippen MR) is 80.0 cm³/mol. The number of halogens is 1. The van der Waals surface area contributed by atoms with E-state index in [1.807, 2.05) is 13.8 Å². The normalized spacial score (nSPS) is 21.9. The lowest BCUT2D eigenvalue weighted by Crippen LogP contribution is -2.48. The van der Waals surface area contributed by atoms with Crippen LogP contribution >= 0.6 is 0 Å². The standard InChI is InChI=1S/C17H18FNO3/c1-11-9-19(10-12(2)21-11)17(20)16-8-7-15(22-16)13-3-5-14(18)6-4-13/h3-8,11-12H,9-10H2,1-2H3/t11-,12-/m0/s1. The molecule has 1 saturated heterocycles. The van der Waals surface area contributed by atoms with E-state index in [1.165, 1.54) is 12.1 Å². The van der Waals surface area contributed by atoms with Crippen LogP contribution in [0.1, 0.15) is 24.4 Å². The van der Waals surface area contributed by atoms with Gasteiger partial charge in [-0.15, -0.1) is 0 Å². The average Bonchev–Trinajstić information content (AvgIpc) is 2.96. The van der Waals surface area contributed by atoms with E-state index in [0.29, 0.717) is 24.6 Å². The number of carbonyl (C=O) groups is 1. The third-order valence-electron chi connectivity index (χ3n) is 3.65. The number of nitrogens with zero attached hydrogens (tertiary/aromatic N) is 1. The van der Waals surface area contributed by atoms with Crippen molar-refractivity contribution in [2.24, 2.45) is 0 Å². The molecule has 0 aliphatic carbocycles. The highest BCUT2D eigenvalue weighted by Crippen LogP contribution is 2.24. The summed E-state index contributed by atoms with van der Waals surface area (Å²) in [6.45, 7) is 5.00. The summed E-state index contributed by atoms with van der Waals surface area (Å²) in [5.41, 5.74) is 0.740. The van der Waals surface area contributed by atoms with E-state index in [2.05, 4.69) is 0 Å². The SMILES string of the molecule is C[C@H]1CN(C(=O)c2ccc(-c3ccc(F)cc3)o2)C[C@H](C)O1. The molecular weight excluding hydrogens is 285 g/mol. The molecule has 2 heterocycles. The van der Waals surface area contributed by atoms with Crippen molar-refractivity contribution in [3.63, 3.8) is 0 Å². The molecule has 0 saturated carbocycles. The van der Waals surface area contributed by atoms with Crippen LogP contribution in [0.4, 0.5) is 4.39 Å². The Morgan fingerprint density at radius 2 is 1.73 bits per heavy atom. The van der Waals surface area contributed by atoms with Crippen LogP contribution in [-0.2, 0) is 4.74 Å². The number of hydrogen-bond acceptors (Lipinski definition) is 3. The summed E-state index contributed by atoms with van der Waals surface area (Å²) >= 11 is 0. The van der Waals surface area contributed by atoms with E-state index in [9.17, 15) is 9.18 Å². The minimum atomic E-state index is -0.303. The number of carbonyl (C=O) groups excluding carboxylic acids is 1. The monoisotopic (exact) mass is 303 g/mol. The summed E-state index contributed by atoms with van der Waals surface area (Å²) in [5, 5.41) is 0. The lowest BCUT2D eigenvalue weighted by Gasteiger charge is -2.34. The van der Waals surface area contributed by atoms with Crippen molar-refractivity contribution in [3.8, 4) is 11.3 Å². The molecule has 1 aliphatic rings. The number of ether oxygens (including phenoxy) is 1. The summed E-state index contributed by atoms with van der Waals surface area (Å²) in [4.78, 5) is 14.2. The zero-order valence-corrected chi connectivity index (χ0v) is 12.6. The molecule has 1 fully saturated rings. The van der Waals surface area contributed by atoms with Crippen LogP contribution in [-0.4, -0.2) is 36.1 Å². The van der Waals surface area contributed by atoms with Crippen LogP contribution in [0.25, 0.3) is 11.3 Å². The highest BCUT2D eigenvalue weighted by atomic mass is 19.1. The lowest BCUT2D eigenvalue weighted by molar-refractivity contribution is -0.0592. The maximum Gasteiger partial charge on any atom is 0.289 e. The Morgan fingerprint density at radius 1 is 1.09 bits per heavy atom. The van der Waals surface area contributed by atoms with E-state index in [4.69, 9.17) is 9.15 Å². The molecule has 116 valence electrons. The molecule has 5 heteroatoms. The second-order valence-corrected chi connectivity index (χ2v) is 5.64. The van der Waals surface area contributed by atoms with Gasteiger partial charge in [-0.3, -0.25) is 4.79 Å². The summed E-state index contributed by atoms with van der Waals surface area (Å²) in [5.74, 6) is 0.400. The Morgan fingerprint density at radius 3 is 2.36 bits per heavy atom. The van der Waals surface area contributed by atoms with Crippen LogP contribution in [0.5, 0.6) is 0 Å². The first kappa shape index (κ1) is 14.8. The van der Waals surface area contributed by atoms with Gasteiger partial charge in [0.2, 0.25) is 0 Å². The van der Waals surface area contributed by atoms with Gasteiger partial charge in [0.05, 0.1) is 12.2 Å². The quantitative estimate of drug-likeness (QED) is 0.854. The Balaban J connectivity index is 1.78. The molecule has 4 nitrogen and oxygen atoms in total. The number of furan rings is 1. The number of hydrogen-bond donors (Lipinski definition) is 0. The van der Waals surface area contributed by atoms with E-state index < -0.39 is 0 Å². The summed E-state index contributed by atoms with van der Waals surface area (Å²) in [6.07, 6.45) is 0.0264. The number of rotatable bonds is 2. The van der Waals surface area contributed by atoms with Gasteiger partial charge in [-0.25, -0.2) is 4.39 Å².